The lowest BCUT2D eigenvalue weighted by Gasteiger charge is -2.22. The zero-order valence-electron chi connectivity index (χ0n) is 8.68. The average molecular weight is 202 g/mol. The van der Waals surface area contributed by atoms with Crippen molar-refractivity contribution in [1.29, 1.82) is 0 Å². The molecule has 0 aliphatic heterocycles. The van der Waals surface area contributed by atoms with Gasteiger partial charge in [0, 0.05) is 5.41 Å². The van der Waals surface area contributed by atoms with Crippen LogP contribution in [0.3, 0.4) is 0 Å². The van der Waals surface area contributed by atoms with Crippen molar-refractivity contribution in [2.24, 2.45) is 11.1 Å². The van der Waals surface area contributed by atoms with E-state index in [9.17, 15) is 4.79 Å². The van der Waals surface area contributed by atoms with E-state index < -0.39 is 5.41 Å². The van der Waals surface area contributed by atoms with Crippen molar-refractivity contribution in [3.05, 3.63) is 0 Å². The predicted octanol–water partition coefficient (Wildman–Crippen LogP) is 1.21. The third kappa shape index (κ3) is 4.22. The van der Waals surface area contributed by atoms with Gasteiger partial charge in [-0.3, -0.25) is 4.79 Å². The molecule has 4 heteroatoms. The highest BCUT2D eigenvalue weighted by atomic mass is 32.1. The van der Waals surface area contributed by atoms with Crippen molar-refractivity contribution in [1.82, 2.24) is 5.32 Å². The monoisotopic (exact) mass is 202 g/mol. The van der Waals surface area contributed by atoms with E-state index in [0.717, 1.165) is 6.42 Å². The Hall–Kier alpha value is -0.640. The van der Waals surface area contributed by atoms with Crippen LogP contribution in [-0.2, 0) is 4.79 Å². The number of nitrogens with one attached hydrogen (secondary N) is 1. The molecule has 0 saturated heterocycles. The molecule has 1 amide bonds. The van der Waals surface area contributed by atoms with Crippen molar-refractivity contribution in [3.63, 3.8) is 0 Å². The predicted molar refractivity (Wildman–Crippen MR) is 58.5 cm³/mol. The summed E-state index contributed by atoms with van der Waals surface area (Å²) in [5.41, 5.74) is 5.06. The molecule has 0 spiro atoms. The highest BCUT2D eigenvalue weighted by Gasteiger charge is 2.24. The van der Waals surface area contributed by atoms with Gasteiger partial charge in [0.2, 0.25) is 5.91 Å². The smallest absolute Gasteiger partial charge is 0.225 e. The summed E-state index contributed by atoms with van der Waals surface area (Å²) in [6.07, 6.45) is 0.733. The first kappa shape index (κ1) is 12.4. The van der Waals surface area contributed by atoms with Crippen LogP contribution < -0.4 is 11.1 Å². The Balaban J connectivity index is 4.26. The molecule has 3 N–H and O–H groups in total. The molecule has 0 bridgehead atoms. The second kappa shape index (κ2) is 4.56. The first-order chi connectivity index (χ1) is 5.79. The van der Waals surface area contributed by atoms with Gasteiger partial charge < -0.3 is 11.1 Å². The Bertz CT molecular complexity index is 208. The minimum atomic E-state index is -0.391. The van der Waals surface area contributed by atoms with Crippen molar-refractivity contribution < 1.29 is 4.79 Å². The van der Waals surface area contributed by atoms with Gasteiger partial charge in [0.25, 0.3) is 0 Å². The maximum atomic E-state index is 11.5. The van der Waals surface area contributed by atoms with Crippen LogP contribution in [0.2, 0.25) is 0 Å². The zero-order chi connectivity index (χ0) is 10.6. The van der Waals surface area contributed by atoms with Crippen LogP contribution in [0.5, 0.6) is 0 Å². The summed E-state index contributed by atoms with van der Waals surface area (Å²) >= 11 is 4.82. The van der Waals surface area contributed by atoms with Gasteiger partial charge in [0.15, 0.2) is 0 Å². The number of rotatable bonds is 3. The maximum absolute atomic E-state index is 11.5. The Labute approximate surface area is 85.1 Å². The quantitative estimate of drug-likeness (QED) is 0.676. The van der Waals surface area contributed by atoms with Crippen LogP contribution >= 0.6 is 12.2 Å². The van der Waals surface area contributed by atoms with Crippen molar-refractivity contribution in [3.8, 4) is 0 Å². The van der Waals surface area contributed by atoms with E-state index in [-0.39, 0.29) is 11.9 Å². The standard InChI is InChI=1S/C9H18N2OS/c1-5-6(7(10)13)11-8(12)9(2,3)4/h6H,5H2,1-4H3,(H2,10,13)(H,11,12). The average Bonchev–Trinajstić information content (AvgIpc) is 1.96. The molecular formula is C9H18N2OS. The molecule has 3 nitrogen and oxygen atoms in total. The van der Waals surface area contributed by atoms with Crippen LogP contribution in [-0.4, -0.2) is 16.9 Å². The number of carbonyl (C=O) groups is 1. The van der Waals surface area contributed by atoms with Gasteiger partial charge in [0.1, 0.15) is 0 Å². The minimum absolute atomic E-state index is 0.0212. The number of nitrogens with two attached hydrogens (primary N) is 1. The molecule has 0 rings (SSSR count). The van der Waals surface area contributed by atoms with Gasteiger partial charge in [-0.1, -0.05) is 39.9 Å². The molecule has 0 saturated carbocycles. The van der Waals surface area contributed by atoms with E-state index in [1.165, 1.54) is 0 Å². The van der Waals surface area contributed by atoms with E-state index in [4.69, 9.17) is 18.0 Å². The molecule has 0 aromatic carbocycles. The largest absolute Gasteiger partial charge is 0.392 e. The van der Waals surface area contributed by atoms with E-state index in [1.807, 2.05) is 27.7 Å². The highest BCUT2D eigenvalue weighted by molar-refractivity contribution is 7.80. The Morgan fingerprint density at radius 2 is 2.00 bits per heavy atom. The summed E-state index contributed by atoms with van der Waals surface area (Å²) in [6, 6.07) is -0.179. The topological polar surface area (TPSA) is 55.1 Å². The van der Waals surface area contributed by atoms with Gasteiger partial charge in [-0.2, -0.15) is 0 Å². The minimum Gasteiger partial charge on any atom is -0.392 e. The maximum Gasteiger partial charge on any atom is 0.225 e. The first-order valence-corrected chi connectivity index (χ1v) is 4.80. The van der Waals surface area contributed by atoms with E-state index >= 15 is 0 Å². The molecule has 0 aliphatic rings. The molecule has 76 valence electrons. The number of hydrogen-bond acceptors (Lipinski definition) is 2. The number of hydrogen-bond donors (Lipinski definition) is 2. The lowest BCUT2D eigenvalue weighted by atomic mass is 9.95. The van der Waals surface area contributed by atoms with E-state index in [2.05, 4.69) is 5.32 Å². The Kier molecular flexibility index (Phi) is 4.33. The molecule has 0 aliphatic carbocycles. The van der Waals surface area contributed by atoms with E-state index in [0.29, 0.717) is 4.99 Å². The summed E-state index contributed by atoms with van der Waals surface area (Å²) in [5.74, 6) is -0.0212. The fourth-order valence-corrected chi connectivity index (χ4v) is 0.975. The molecule has 0 aromatic rings. The number of thiocarbonyl (C=S) groups is 1. The third-order valence-corrected chi connectivity index (χ3v) is 2.02. The molecule has 0 radical (unpaired) electrons. The molecule has 0 heterocycles. The SMILES string of the molecule is CCC(NC(=O)C(C)(C)C)C(N)=S. The fraction of sp³-hybridized carbons (Fsp3) is 0.778. The van der Waals surface area contributed by atoms with Crippen LogP contribution in [0.15, 0.2) is 0 Å². The van der Waals surface area contributed by atoms with Crippen molar-refractivity contribution in [2.45, 2.75) is 40.2 Å². The van der Waals surface area contributed by atoms with Gasteiger partial charge in [-0.05, 0) is 6.42 Å². The molecule has 1 unspecified atom stereocenters. The van der Waals surface area contributed by atoms with Crippen LogP contribution in [0.1, 0.15) is 34.1 Å². The molecule has 0 aromatic heterocycles. The second-order valence-electron chi connectivity index (χ2n) is 4.09. The summed E-state index contributed by atoms with van der Waals surface area (Å²) < 4.78 is 0. The summed E-state index contributed by atoms with van der Waals surface area (Å²) in [7, 11) is 0. The second-order valence-corrected chi connectivity index (χ2v) is 4.56. The lowest BCUT2D eigenvalue weighted by Crippen LogP contribution is -2.47. The summed E-state index contributed by atoms with van der Waals surface area (Å²) in [5, 5.41) is 2.80. The Morgan fingerprint density at radius 1 is 1.54 bits per heavy atom. The number of amides is 1. The Morgan fingerprint density at radius 3 is 2.23 bits per heavy atom. The van der Waals surface area contributed by atoms with Gasteiger partial charge in [-0.25, -0.2) is 0 Å². The van der Waals surface area contributed by atoms with E-state index in [1.54, 1.807) is 0 Å². The van der Waals surface area contributed by atoms with Crippen LogP contribution in [0.25, 0.3) is 0 Å². The zero-order valence-corrected chi connectivity index (χ0v) is 9.49. The van der Waals surface area contributed by atoms with Crippen LogP contribution in [0.4, 0.5) is 0 Å². The fourth-order valence-electron chi connectivity index (χ4n) is 0.749. The first-order valence-electron chi connectivity index (χ1n) is 4.39. The van der Waals surface area contributed by atoms with Crippen molar-refractivity contribution >= 4 is 23.1 Å². The third-order valence-electron chi connectivity index (χ3n) is 1.74. The van der Waals surface area contributed by atoms with Crippen molar-refractivity contribution in [2.75, 3.05) is 0 Å². The van der Waals surface area contributed by atoms with Gasteiger partial charge >= 0.3 is 0 Å². The summed E-state index contributed by atoms with van der Waals surface area (Å²) in [6.45, 7) is 7.50. The van der Waals surface area contributed by atoms with Gasteiger partial charge in [0.05, 0.1) is 11.0 Å². The lowest BCUT2D eigenvalue weighted by molar-refractivity contribution is -0.128. The normalized spacial score (nSPS) is 13.5. The molecule has 0 fully saturated rings. The highest BCUT2D eigenvalue weighted by Crippen LogP contribution is 2.13. The molecule has 13 heavy (non-hydrogen) atoms. The summed E-state index contributed by atoms with van der Waals surface area (Å²) in [4.78, 5) is 11.9. The molecule has 1 atom stereocenters. The number of carbonyl (C=O) groups excluding carboxylic acids is 1. The van der Waals surface area contributed by atoms with Crippen LogP contribution in [0, 0.1) is 5.41 Å². The van der Waals surface area contributed by atoms with Gasteiger partial charge in [-0.15, -0.1) is 0 Å². The molecular weight excluding hydrogens is 184 g/mol.